The molecule has 40 heavy (non-hydrogen) atoms. The van der Waals surface area contributed by atoms with E-state index in [1.54, 1.807) is 11.3 Å². The number of nitrogens with one attached hydrogen (secondary N) is 1. The third-order valence-corrected chi connectivity index (χ3v) is 7.89. The number of β-amino-alcohol motifs (C(OH)–C–C–N with tert-alkyl or cyclic N) is 1. The Labute approximate surface area is 231 Å². The van der Waals surface area contributed by atoms with E-state index >= 15 is 0 Å². The van der Waals surface area contributed by atoms with Crippen LogP contribution in [0.25, 0.3) is 10.4 Å². The molecular formula is C26H30F3N3O7S. The predicted octanol–water partition coefficient (Wildman–Crippen LogP) is 3.22. The number of aromatic nitrogens is 1. The van der Waals surface area contributed by atoms with Gasteiger partial charge in [0.2, 0.25) is 11.8 Å². The van der Waals surface area contributed by atoms with Gasteiger partial charge in [-0.1, -0.05) is 30.7 Å². The third-order valence-electron chi connectivity index (χ3n) is 6.91. The number of hydrogen-bond acceptors (Lipinski definition) is 7. The van der Waals surface area contributed by atoms with Gasteiger partial charge in [-0.15, -0.1) is 11.3 Å². The van der Waals surface area contributed by atoms with Crippen LogP contribution in [-0.4, -0.2) is 73.8 Å². The van der Waals surface area contributed by atoms with Crippen molar-refractivity contribution in [3.05, 3.63) is 41.0 Å². The van der Waals surface area contributed by atoms with Gasteiger partial charge in [0.25, 0.3) is 0 Å². The molecule has 4 rings (SSSR count). The van der Waals surface area contributed by atoms with Crippen molar-refractivity contribution in [1.82, 2.24) is 15.2 Å². The molecule has 0 radical (unpaired) electrons. The molecule has 1 aliphatic carbocycles. The van der Waals surface area contributed by atoms with Gasteiger partial charge in [-0.25, -0.2) is 9.78 Å². The molecule has 1 saturated heterocycles. The predicted molar refractivity (Wildman–Crippen MR) is 137 cm³/mol. The highest BCUT2D eigenvalue weighted by atomic mass is 32.1. The first kappa shape index (κ1) is 31.0. The number of halogens is 3. The van der Waals surface area contributed by atoms with Gasteiger partial charge in [-0.2, -0.15) is 13.2 Å². The number of carboxylic acids is 2. The summed E-state index contributed by atoms with van der Waals surface area (Å²) in [4.78, 5) is 53.1. The van der Waals surface area contributed by atoms with Crippen LogP contribution >= 0.6 is 11.3 Å². The first-order valence-corrected chi connectivity index (χ1v) is 13.4. The SMILES string of the molecule is Cc1ncsc1-c1ccc(CNC(=O)[C@@H]2C[C@@H](O)CN2C(=O)[C@@H]2CCC[C@H](C(=O)O)C2)cc1.O=C(O)C(F)(F)F. The average molecular weight is 586 g/mol. The van der Waals surface area contributed by atoms with Gasteiger partial charge in [0.15, 0.2) is 0 Å². The molecule has 2 heterocycles. The standard InChI is InChI=1S/C24H29N3O5S.C2HF3O2/c1-14-21(33-13-26-14)16-7-5-15(6-8-16)11-25-22(29)20-10-19(28)12-27(20)23(30)17-3-2-4-18(9-17)24(31)32;3-2(4,5)1(6)7/h5-8,13,17-20,28H,2-4,9-12H2,1H3,(H,25,29)(H,31,32);(H,6,7)/t17-,18+,19-,20+;/m1./s1. The lowest BCUT2D eigenvalue weighted by Gasteiger charge is -2.31. The minimum atomic E-state index is -5.08. The summed E-state index contributed by atoms with van der Waals surface area (Å²) < 4.78 is 31.7. The first-order chi connectivity index (χ1) is 18.8. The molecule has 4 N–H and O–H groups in total. The monoisotopic (exact) mass is 585 g/mol. The number of aliphatic hydroxyl groups excluding tert-OH is 1. The minimum Gasteiger partial charge on any atom is -0.481 e. The number of nitrogens with zero attached hydrogens (tertiary/aromatic N) is 2. The molecule has 2 aromatic rings. The van der Waals surface area contributed by atoms with Crippen LogP contribution in [0.3, 0.4) is 0 Å². The zero-order chi connectivity index (χ0) is 29.6. The molecule has 2 aliphatic rings. The van der Waals surface area contributed by atoms with Gasteiger partial charge >= 0.3 is 18.1 Å². The number of likely N-dealkylation sites (tertiary alicyclic amines) is 1. The highest BCUT2D eigenvalue weighted by Gasteiger charge is 2.42. The minimum absolute atomic E-state index is 0.105. The lowest BCUT2D eigenvalue weighted by Crippen LogP contribution is -2.48. The summed E-state index contributed by atoms with van der Waals surface area (Å²) in [6, 6.07) is 7.17. The molecule has 0 bridgehead atoms. The number of aliphatic carboxylic acids is 2. The lowest BCUT2D eigenvalue weighted by atomic mass is 9.80. The summed E-state index contributed by atoms with van der Waals surface area (Å²) in [5.41, 5.74) is 4.81. The fraction of sp³-hybridized carbons (Fsp3) is 0.500. The third kappa shape index (κ3) is 8.01. The highest BCUT2D eigenvalue weighted by Crippen LogP contribution is 2.33. The fourth-order valence-electron chi connectivity index (χ4n) is 4.84. The summed E-state index contributed by atoms with van der Waals surface area (Å²) in [6.45, 7) is 2.39. The van der Waals surface area contributed by atoms with Crippen molar-refractivity contribution in [2.24, 2.45) is 11.8 Å². The second kappa shape index (κ2) is 13.2. The number of aliphatic hydroxyl groups is 1. The maximum Gasteiger partial charge on any atom is 0.490 e. The van der Waals surface area contributed by atoms with Crippen LogP contribution in [0.5, 0.6) is 0 Å². The average Bonchev–Trinajstić information content (AvgIpc) is 3.52. The highest BCUT2D eigenvalue weighted by molar-refractivity contribution is 7.13. The normalized spacial score (nSPS) is 22.7. The van der Waals surface area contributed by atoms with E-state index in [4.69, 9.17) is 9.90 Å². The molecule has 218 valence electrons. The summed E-state index contributed by atoms with van der Waals surface area (Å²) in [7, 11) is 0. The second-order valence-electron chi connectivity index (χ2n) is 9.78. The molecule has 10 nitrogen and oxygen atoms in total. The van der Waals surface area contributed by atoms with Crippen LogP contribution in [0.4, 0.5) is 13.2 Å². The van der Waals surface area contributed by atoms with Crippen molar-refractivity contribution >= 4 is 35.1 Å². The van der Waals surface area contributed by atoms with E-state index in [1.807, 2.05) is 36.7 Å². The molecule has 2 fully saturated rings. The number of benzene rings is 1. The van der Waals surface area contributed by atoms with Crippen LogP contribution in [0.2, 0.25) is 0 Å². The Morgan fingerprint density at radius 3 is 2.25 bits per heavy atom. The van der Waals surface area contributed by atoms with Gasteiger partial charge in [0.1, 0.15) is 6.04 Å². The van der Waals surface area contributed by atoms with Gasteiger partial charge in [-0.3, -0.25) is 14.4 Å². The molecule has 0 spiro atoms. The number of amides is 2. The molecule has 1 aromatic heterocycles. The summed E-state index contributed by atoms with van der Waals surface area (Å²) in [5, 5.41) is 29.5. The van der Waals surface area contributed by atoms with E-state index in [-0.39, 0.29) is 24.8 Å². The smallest absolute Gasteiger partial charge is 0.481 e. The molecular weight excluding hydrogens is 555 g/mol. The van der Waals surface area contributed by atoms with Crippen molar-refractivity contribution in [1.29, 1.82) is 0 Å². The molecule has 2 amide bonds. The Hall–Kier alpha value is -3.52. The molecule has 1 saturated carbocycles. The van der Waals surface area contributed by atoms with Crippen molar-refractivity contribution in [2.45, 2.75) is 63.9 Å². The topological polar surface area (TPSA) is 157 Å². The molecule has 1 aliphatic heterocycles. The Kier molecular flexibility index (Phi) is 10.3. The van der Waals surface area contributed by atoms with E-state index < -0.39 is 42.1 Å². The van der Waals surface area contributed by atoms with Crippen molar-refractivity contribution in [3.63, 3.8) is 0 Å². The van der Waals surface area contributed by atoms with Crippen LogP contribution in [0.15, 0.2) is 29.8 Å². The maximum absolute atomic E-state index is 13.1. The Morgan fingerprint density at radius 2 is 1.70 bits per heavy atom. The van der Waals surface area contributed by atoms with Crippen molar-refractivity contribution < 1.29 is 47.7 Å². The maximum atomic E-state index is 13.1. The van der Waals surface area contributed by atoms with Crippen LogP contribution in [0.1, 0.15) is 43.4 Å². The molecule has 4 atom stereocenters. The first-order valence-electron chi connectivity index (χ1n) is 12.6. The van der Waals surface area contributed by atoms with Crippen LogP contribution < -0.4 is 5.32 Å². The summed E-state index contributed by atoms with van der Waals surface area (Å²) in [6.07, 6.45) is -3.48. The van der Waals surface area contributed by atoms with E-state index in [1.165, 1.54) is 4.90 Å². The van der Waals surface area contributed by atoms with Crippen LogP contribution in [-0.2, 0) is 25.7 Å². The second-order valence-corrected chi connectivity index (χ2v) is 10.6. The van der Waals surface area contributed by atoms with Crippen molar-refractivity contribution in [2.75, 3.05) is 6.54 Å². The summed E-state index contributed by atoms with van der Waals surface area (Å²) in [5.74, 6) is -5.09. The largest absolute Gasteiger partial charge is 0.490 e. The number of carbonyl (C=O) groups excluding carboxylic acids is 2. The number of aryl methyl sites for hydroxylation is 1. The fourth-order valence-corrected chi connectivity index (χ4v) is 5.65. The Bertz CT molecular complexity index is 1220. The molecule has 0 unspecified atom stereocenters. The number of carbonyl (C=O) groups is 4. The number of hydrogen-bond donors (Lipinski definition) is 4. The number of alkyl halides is 3. The van der Waals surface area contributed by atoms with E-state index in [0.29, 0.717) is 32.2 Å². The molecule has 1 aromatic carbocycles. The number of thiazole rings is 1. The summed E-state index contributed by atoms with van der Waals surface area (Å²) >= 11 is 1.59. The van der Waals surface area contributed by atoms with E-state index in [9.17, 15) is 37.8 Å². The van der Waals surface area contributed by atoms with Crippen LogP contribution in [0, 0.1) is 18.8 Å². The Morgan fingerprint density at radius 1 is 1.07 bits per heavy atom. The van der Waals surface area contributed by atoms with Gasteiger partial charge in [0.05, 0.1) is 28.1 Å². The zero-order valence-electron chi connectivity index (χ0n) is 21.6. The lowest BCUT2D eigenvalue weighted by molar-refractivity contribution is -0.192. The van der Waals surface area contributed by atoms with E-state index in [0.717, 1.165) is 21.7 Å². The molecule has 14 heteroatoms. The zero-order valence-corrected chi connectivity index (χ0v) is 22.4. The van der Waals surface area contributed by atoms with Crippen molar-refractivity contribution in [3.8, 4) is 10.4 Å². The number of rotatable bonds is 6. The number of carboxylic acid groups (broad SMARTS) is 2. The van der Waals surface area contributed by atoms with Gasteiger partial charge in [-0.05, 0) is 37.3 Å². The Balaban J connectivity index is 0.000000559. The van der Waals surface area contributed by atoms with Gasteiger partial charge < -0.3 is 25.5 Å². The van der Waals surface area contributed by atoms with E-state index in [2.05, 4.69) is 10.3 Å². The van der Waals surface area contributed by atoms with Gasteiger partial charge in [0, 0.05) is 25.4 Å². The quantitative estimate of drug-likeness (QED) is 0.403.